The molecule has 2 aromatic carbocycles. The van der Waals surface area contributed by atoms with Crippen LogP contribution in [0.1, 0.15) is 11.1 Å². The smallest absolute Gasteiger partial charge is 0.324 e. The maximum Gasteiger partial charge on any atom is 0.416 e. The fourth-order valence-corrected chi connectivity index (χ4v) is 2.73. The van der Waals surface area contributed by atoms with Gasteiger partial charge in [0.1, 0.15) is 0 Å². The number of hydrogen-bond acceptors (Lipinski definition) is 2. The first-order chi connectivity index (χ1) is 12.3. The number of halogens is 4. The van der Waals surface area contributed by atoms with Crippen LogP contribution in [0.2, 0.25) is 0 Å². The van der Waals surface area contributed by atoms with Gasteiger partial charge in [0.25, 0.3) is 0 Å². The zero-order valence-corrected chi connectivity index (χ0v) is 14.9. The van der Waals surface area contributed by atoms with Crippen molar-refractivity contribution in [1.29, 1.82) is 0 Å². The van der Waals surface area contributed by atoms with E-state index >= 15 is 0 Å². The van der Waals surface area contributed by atoms with Crippen LogP contribution in [0.25, 0.3) is 5.69 Å². The summed E-state index contributed by atoms with van der Waals surface area (Å²) in [4.78, 5) is 12.3. The van der Waals surface area contributed by atoms with E-state index in [1.54, 1.807) is 41.3 Å². The average Bonchev–Trinajstić information content (AvgIpc) is 3.01. The molecule has 3 rings (SSSR count). The molecule has 8 heteroatoms. The Hall–Kier alpha value is -2.61. The minimum absolute atomic E-state index is 0.166. The molecule has 134 valence electrons. The molecule has 0 fully saturated rings. The minimum Gasteiger partial charge on any atom is -0.324 e. The molecule has 0 aliphatic heterocycles. The average molecular weight is 424 g/mol. The van der Waals surface area contributed by atoms with Gasteiger partial charge < -0.3 is 5.32 Å². The van der Waals surface area contributed by atoms with Crippen LogP contribution in [0.5, 0.6) is 0 Å². The van der Waals surface area contributed by atoms with E-state index in [2.05, 4.69) is 26.3 Å². The molecule has 0 spiro atoms. The molecule has 0 aliphatic carbocycles. The van der Waals surface area contributed by atoms with Crippen molar-refractivity contribution in [2.24, 2.45) is 0 Å². The Bertz CT molecular complexity index is 937. The number of nitrogens with zero attached hydrogens (tertiary/aromatic N) is 2. The van der Waals surface area contributed by atoms with Crippen molar-refractivity contribution >= 4 is 27.5 Å². The Morgan fingerprint density at radius 3 is 2.62 bits per heavy atom. The van der Waals surface area contributed by atoms with Crippen LogP contribution in [-0.2, 0) is 17.4 Å². The second kappa shape index (κ2) is 7.33. The highest BCUT2D eigenvalue weighted by molar-refractivity contribution is 9.10. The van der Waals surface area contributed by atoms with Gasteiger partial charge in [-0.1, -0.05) is 30.3 Å². The van der Waals surface area contributed by atoms with E-state index in [-0.39, 0.29) is 12.0 Å². The normalized spacial score (nSPS) is 11.4. The van der Waals surface area contributed by atoms with E-state index in [0.717, 1.165) is 16.6 Å². The van der Waals surface area contributed by atoms with Crippen LogP contribution < -0.4 is 5.32 Å². The van der Waals surface area contributed by atoms with Gasteiger partial charge in [0.05, 0.1) is 34.0 Å². The number of anilines is 1. The quantitative estimate of drug-likeness (QED) is 0.652. The number of benzene rings is 2. The van der Waals surface area contributed by atoms with Gasteiger partial charge in [-0.25, -0.2) is 4.68 Å². The molecule has 0 aliphatic rings. The second-order valence-corrected chi connectivity index (χ2v) is 6.46. The summed E-state index contributed by atoms with van der Waals surface area (Å²) in [6.07, 6.45) is -1.26. The van der Waals surface area contributed by atoms with Crippen LogP contribution in [0.15, 0.2) is 65.4 Å². The molecule has 26 heavy (non-hydrogen) atoms. The first kappa shape index (κ1) is 18.2. The third kappa shape index (κ3) is 4.32. The Kier molecular flexibility index (Phi) is 5.13. The maximum absolute atomic E-state index is 12.8. The maximum atomic E-state index is 12.8. The fraction of sp³-hybridized carbons (Fsp3) is 0.111. The Balaban J connectivity index is 1.77. The Labute approximate surface area is 155 Å². The summed E-state index contributed by atoms with van der Waals surface area (Å²) in [7, 11) is 0. The van der Waals surface area contributed by atoms with Gasteiger partial charge in [0, 0.05) is 6.20 Å². The number of carbonyl (C=O) groups excluding carboxylic acids is 1. The number of nitrogens with one attached hydrogen (secondary N) is 1. The van der Waals surface area contributed by atoms with Gasteiger partial charge in [-0.3, -0.25) is 4.79 Å². The van der Waals surface area contributed by atoms with Gasteiger partial charge >= 0.3 is 6.18 Å². The van der Waals surface area contributed by atoms with Gasteiger partial charge in [-0.05, 0) is 39.7 Å². The van der Waals surface area contributed by atoms with Crippen LogP contribution in [0.4, 0.5) is 18.9 Å². The second-order valence-electron chi connectivity index (χ2n) is 5.54. The third-order valence-electron chi connectivity index (χ3n) is 3.60. The van der Waals surface area contributed by atoms with E-state index in [4.69, 9.17) is 0 Å². The predicted octanol–water partition coefficient (Wildman–Crippen LogP) is 4.83. The van der Waals surface area contributed by atoms with Gasteiger partial charge in [0.15, 0.2) is 0 Å². The molecule has 0 saturated carbocycles. The molecule has 1 heterocycles. The standard InChI is InChI=1S/C18H13BrF3N3O/c19-14-10-23-25(11-14)16-7-2-1-6-15(16)24-17(26)9-12-4-3-5-13(8-12)18(20,21)22/h1-8,10-11H,9H2,(H,24,26). The number of carbonyl (C=O) groups is 1. The highest BCUT2D eigenvalue weighted by Gasteiger charge is 2.30. The first-order valence-electron chi connectivity index (χ1n) is 7.58. The largest absolute Gasteiger partial charge is 0.416 e. The zero-order chi connectivity index (χ0) is 18.7. The van der Waals surface area contributed by atoms with E-state index in [1.165, 1.54) is 12.1 Å². The number of para-hydroxylation sites is 2. The molecule has 0 atom stereocenters. The van der Waals surface area contributed by atoms with Crippen molar-refractivity contribution in [3.63, 3.8) is 0 Å². The molecule has 1 N–H and O–H groups in total. The van der Waals surface area contributed by atoms with Crippen LogP contribution >= 0.6 is 15.9 Å². The molecule has 0 bridgehead atoms. The SMILES string of the molecule is O=C(Cc1cccc(C(F)(F)F)c1)Nc1ccccc1-n1cc(Br)cn1. The van der Waals surface area contributed by atoms with E-state index in [0.29, 0.717) is 11.4 Å². The molecule has 1 amide bonds. The number of hydrogen-bond donors (Lipinski definition) is 1. The molecule has 0 radical (unpaired) electrons. The molecule has 0 saturated heterocycles. The summed E-state index contributed by atoms with van der Waals surface area (Å²) in [5.41, 5.74) is 0.678. The Morgan fingerprint density at radius 1 is 1.15 bits per heavy atom. The summed E-state index contributed by atoms with van der Waals surface area (Å²) in [5.74, 6) is -0.414. The Morgan fingerprint density at radius 2 is 1.92 bits per heavy atom. The minimum atomic E-state index is -4.44. The van der Waals surface area contributed by atoms with Crippen LogP contribution in [-0.4, -0.2) is 15.7 Å². The van der Waals surface area contributed by atoms with Crippen molar-refractivity contribution < 1.29 is 18.0 Å². The topological polar surface area (TPSA) is 46.9 Å². The van der Waals surface area contributed by atoms with E-state index in [9.17, 15) is 18.0 Å². The van der Waals surface area contributed by atoms with Crippen LogP contribution in [0, 0.1) is 0 Å². The first-order valence-corrected chi connectivity index (χ1v) is 8.38. The summed E-state index contributed by atoms with van der Waals surface area (Å²) in [6, 6.07) is 11.8. The lowest BCUT2D eigenvalue weighted by Crippen LogP contribution is -2.16. The highest BCUT2D eigenvalue weighted by Crippen LogP contribution is 2.29. The number of alkyl halides is 3. The molecule has 4 nitrogen and oxygen atoms in total. The summed E-state index contributed by atoms with van der Waals surface area (Å²) in [5, 5.41) is 6.90. The van der Waals surface area contributed by atoms with Gasteiger partial charge in [-0.2, -0.15) is 18.3 Å². The fourth-order valence-electron chi connectivity index (χ4n) is 2.45. The van der Waals surface area contributed by atoms with Crippen molar-refractivity contribution in [2.45, 2.75) is 12.6 Å². The van der Waals surface area contributed by atoms with Crippen LogP contribution in [0.3, 0.4) is 0 Å². The van der Waals surface area contributed by atoms with Crippen molar-refractivity contribution in [2.75, 3.05) is 5.32 Å². The summed E-state index contributed by atoms with van der Waals surface area (Å²) < 4.78 is 40.7. The van der Waals surface area contributed by atoms with E-state index in [1.807, 2.05) is 0 Å². The summed E-state index contributed by atoms with van der Waals surface area (Å²) in [6.45, 7) is 0. The summed E-state index contributed by atoms with van der Waals surface area (Å²) >= 11 is 3.31. The number of aromatic nitrogens is 2. The highest BCUT2D eigenvalue weighted by atomic mass is 79.9. The molecule has 0 unspecified atom stereocenters. The van der Waals surface area contributed by atoms with Crippen molar-refractivity contribution in [3.8, 4) is 5.69 Å². The van der Waals surface area contributed by atoms with Crippen molar-refractivity contribution in [3.05, 3.63) is 76.5 Å². The molecule has 1 aromatic heterocycles. The monoisotopic (exact) mass is 423 g/mol. The molecular formula is C18H13BrF3N3O. The molecular weight excluding hydrogens is 411 g/mol. The number of rotatable bonds is 4. The zero-order valence-electron chi connectivity index (χ0n) is 13.3. The molecule has 3 aromatic rings. The number of amides is 1. The van der Waals surface area contributed by atoms with Gasteiger partial charge in [-0.15, -0.1) is 0 Å². The lowest BCUT2D eigenvalue weighted by Gasteiger charge is -2.12. The lowest BCUT2D eigenvalue weighted by atomic mass is 10.1. The third-order valence-corrected chi connectivity index (χ3v) is 4.00. The van der Waals surface area contributed by atoms with Gasteiger partial charge in [0.2, 0.25) is 5.91 Å². The van der Waals surface area contributed by atoms with E-state index < -0.39 is 17.6 Å². The lowest BCUT2D eigenvalue weighted by molar-refractivity contribution is -0.137. The van der Waals surface area contributed by atoms with Crippen molar-refractivity contribution in [1.82, 2.24) is 9.78 Å². The predicted molar refractivity (Wildman–Crippen MR) is 95.0 cm³/mol.